The summed E-state index contributed by atoms with van der Waals surface area (Å²) in [6.07, 6.45) is 3.02. The lowest BCUT2D eigenvalue weighted by molar-refractivity contribution is 0.0890. The van der Waals surface area contributed by atoms with Crippen molar-refractivity contribution >= 4 is 16.8 Å². The van der Waals surface area contributed by atoms with Crippen molar-refractivity contribution in [1.29, 1.82) is 0 Å². The molecule has 2 heterocycles. The number of nitrogens with zero attached hydrogens (tertiary/aromatic N) is 3. The molecule has 4 heteroatoms. The van der Waals surface area contributed by atoms with Gasteiger partial charge in [0.15, 0.2) is 5.78 Å². The molecule has 1 aliphatic rings. The maximum absolute atomic E-state index is 12.8. The maximum atomic E-state index is 12.8. The fourth-order valence-electron chi connectivity index (χ4n) is 4.16. The third-order valence-corrected chi connectivity index (χ3v) is 5.46. The summed E-state index contributed by atoms with van der Waals surface area (Å²) in [7, 11) is 0. The molecule has 1 saturated heterocycles. The van der Waals surface area contributed by atoms with Gasteiger partial charge in [-0.05, 0) is 78.1 Å². The minimum absolute atomic E-state index is 0.259. The lowest BCUT2D eigenvalue weighted by atomic mass is 9.90. The SMILES string of the molecule is Cc1nc2cc(C(=O)C[C@@H]3CCCN(C(C)C)C3)ccc2n1C(C)C. The molecule has 1 aliphatic heterocycles. The van der Waals surface area contributed by atoms with Crippen LogP contribution in [0.5, 0.6) is 0 Å². The van der Waals surface area contributed by atoms with Gasteiger partial charge in [0.2, 0.25) is 0 Å². The third kappa shape index (κ3) is 3.79. The van der Waals surface area contributed by atoms with E-state index in [-0.39, 0.29) is 5.78 Å². The van der Waals surface area contributed by atoms with Crippen molar-refractivity contribution < 1.29 is 4.79 Å². The summed E-state index contributed by atoms with van der Waals surface area (Å²) in [5, 5.41) is 0. The number of likely N-dealkylation sites (tertiary alicyclic amines) is 1. The van der Waals surface area contributed by atoms with Crippen LogP contribution in [-0.4, -0.2) is 39.4 Å². The minimum atomic E-state index is 0.259. The standard InChI is InChI=1S/C21H31N3O/c1-14(2)23-10-6-7-17(13-23)11-21(25)18-8-9-20-19(12-18)22-16(5)24(20)15(3)4/h8-9,12,14-15,17H,6-7,10-11,13H2,1-5H3/t17-/m0/s1. The summed E-state index contributed by atoms with van der Waals surface area (Å²) < 4.78 is 2.23. The van der Waals surface area contributed by atoms with Crippen LogP contribution >= 0.6 is 0 Å². The van der Waals surface area contributed by atoms with Crippen molar-refractivity contribution in [3.05, 3.63) is 29.6 Å². The van der Waals surface area contributed by atoms with E-state index in [9.17, 15) is 4.79 Å². The molecule has 0 spiro atoms. The number of carbonyl (C=O) groups excluding carboxylic acids is 1. The smallest absolute Gasteiger partial charge is 0.163 e. The molecule has 0 N–H and O–H groups in total. The Kier molecular flexibility index (Phi) is 5.28. The summed E-state index contributed by atoms with van der Waals surface area (Å²) in [5.41, 5.74) is 2.86. The highest BCUT2D eigenvalue weighted by molar-refractivity contribution is 5.99. The van der Waals surface area contributed by atoms with E-state index in [2.05, 4.69) is 48.2 Å². The monoisotopic (exact) mass is 341 g/mol. The second kappa shape index (κ2) is 7.28. The lowest BCUT2D eigenvalue weighted by Crippen LogP contribution is -2.40. The lowest BCUT2D eigenvalue weighted by Gasteiger charge is -2.35. The highest BCUT2D eigenvalue weighted by Crippen LogP contribution is 2.25. The molecule has 1 aromatic carbocycles. The first kappa shape index (κ1) is 18.1. The molecule has 4 nitrogen and oxygen atoms in total. The molecule has 0 unspecified atom stereocenters. The molecule has 2 aromatic rings. The Bertz CT molecular complexity index is 760. The molecule has 3 rings (SSSR count). The number of ketones is 1. The largest absolute Gasteiger partial charge is 0.326 e. The van der Waals surface area contributed by atoms with Gasteiger partial charge in [0.25, 0.3) is 0 Å². The Morgan fingerprint density at radius 2 is 2.00 bits per heavy atom. The highest BCUT2D eigenvalue weighted by Gasteiger charge is 2.24. The molecule has 1 atom stereocenters. The van der Waals surface area contributed by atoms with Crippen molar-refractivity contribution in [3.63, 3.8) is 0 Å². The third-order valence-electron chi connectivity index (χ3n) is 5.46. The number of carbonyl (C=O) groups is 1. The molecule has 25 heavy (non-hydrogen) atoms. The predicted molar refractivity (Wildman–Crippen MR) is 103 cm³/mol. The van der Waals surface area contributed by atoms with Gasteiger partial charge in [-0.1, -0.05) is 0 Å². The number of aryl methyl sites for hydroxylation is 1. The number of Topliss-reactive ketones (excluding diaryl/α,β-unsaturated/α-hetero) is 1. The van der Waals surface area contributed by atoms with Crippen molar-refractivity contribution in [2.75, 3.05) is 13.1 Å². The average Bonchev–Trinajstić information content (AvgIpc) is 2.89. The normalized spacial score (nSPS) is 19.2. The number of hydrogen-bond donors (Lipinski definition) is 0. The van der Waals surface area contributed by atoms with Crippen molar-refractivity contribution in [2.24, 2.45) is 5.92 Å². The van der Waals surface area contributed by atoms with Gasteiger partial charge in [-0.25, -0.2) is 4.98 Å². The Labute approximate surface area is 151 Å². The van der Waals surface area contributed by atoms with Gasteiger partial charge in [0, 0.05) is 30.6 Å². The first-order valence-corrected chi connectivity index (χ1v) is 9.62. The number of rotatable bonds is 5. The van der Waals surface area contributed by atoms with E-state index in [1.165, 1.54) is 13.0 Å². The fourth-order valence-corrected chi connectivity index (χ4v) is 4.16. The van der Waals surface area contributed by atoms with E-state index in [1.807, 2.05) is 19.1 Å². The van der Waals surface area contributed by atoms with Gasteiger partial charge in [0.05, 0.1) is 11.0 Å². The van der Waals surface area contributed by atoms with Crippen LogP contribution in [0, 0.1) is 12.8 Å². The maximum Gasteiger partial charge on any atom is 0.163 e. The molecule has 0 saturated carbocycles. The fraction of sp³-hybridized carbons (Fsp3) is 0.619. The van der Waals surface area contributed by atoms with Crippen LogP contribution in [0.25, 0.3) is 11.0 Å². The molecule has 1 fully saturated rings. The first-order valence-electron chi connectivity index (χ1n) is 9.62. The van der Waals surface area contributed by atoms with Crippen LogP contribution in [0.4, 0.5) is 0 Å². The molecular weight excluding hydrogens is 310 g/mol. The van der Waals surface area contributed by atoms with E-state index in [4.69, 9.17) is 0 Å². The van der Waals surface area contributed by atoms with Crippen LogP contribution in [0.15, 0.2) is 18.2 Å². The minimum Gasteiger partial charge on any atom is -0.326 e. The van der Waals surface area contributed by atoms with Crippen LogP contribution < -0.4 is 0 Å². The molecule has 0 radical (unpaired) electrons. The highest BCUT2D eigenvalue weighted by atomic mass is 16.1. The van der Waals surface area contributed by atoms with Gasteiger partial charge in [-0.3, -0.25) is 4.79 Å². The van der Waals surface area contributed by atoms with E-state index in [0.717, 1.165) is 35.4 Å². The molecule has 0 aliphatic carbocycles. The van der Waals surface area contributed by atoms with Gasteiger partial charge >= 0.3 is 0 Å². The number of benzene rings is 1. The summed E-state index contributed by atoms with van der Waals surface area (Å²) in [6.45, 7) is 13.1. The topological polar surface area (TPSA) is 38.1 Å². The summed E-state index contributed by atoms with van der Waals surface area (Å²) in [5.74, 6) is 1.75. The second-order valence-corrected chi connectivity index (χ2v) is 8.05. The molecular formula is C21H31N3O. The number of imidazole rings is 1. The van der Waals surface area contributed by atoms with Gasteiger partial charge < -0.3 is 9.47 Å². The van der Waals surface area contributed by atoms with Crippen molar-refractivity contribution in [2.45, 2.75) is 66.0 Å². The van der Waals surface area contributed by atoms with Gasteiger partial charge in [-0.2, -0.15) is 0 Å². The zero-order valence-corrected chi connectivity index (χ0v) is 16.2. The Hall–Kier alpha value is -1.68. The van der Waals surface area contributed by atoms with Crippen LogP contribution in [0.3, 0.4) is 0 Å². The molecule has 136 valence electrons. The van der Waals surface area contributed by atoms with Crippen molar-refractivity contribution in [3.8, 4) is 0 Å². The zero-order chi connectivity index (χ0) is 18.1. The Morgan fingerprint density at radius 1 is 1.24 bits per heavy atom. The molecule has 1 aromatic heterocycles. The zero-order valence-electron chi connectivity index (χ0n) is 16.2. The summed E-state index contributed by atoms with van der Waals surface area (Å²) >= 11 is 0. The molecule has 0 bridgehead atoms. The number of hydrogen-bond acceptors (Lipinski definition) is 3. The Morgan fingerprint density at radius 3 is 2.68 bits per heavy atom. The summed E-state index contributed by atoms with van der Waals surface area (Å²) in [6, 6.07) is 6.96. The van der Waals surface area contributed by atoms with E-state index in [1.54, 1.807) is 0 Å². The van der Waals surface area contributed by atoms with Gasteiger partial charge in [-0.15, -0.1) is 0 Å². The molecule has 0 amide bonds. The number of piperidine rings is 1. The number of aromatic nitrogens is 2. The predicted octanol–water partition coefficient (Wildman–Crippen LogP) is 4.62. The quantitative estimate of drug-likeness (QED) is 0.745. The van der Waals surface area contributed by atoms with Crippen LogP contribution in [0.2, 0.25) is 0 Å². The van der Waals surface area contributed by atoms with E-state index < -0.39 is 0 Å². The Balaban J connectivity index is 1.76. The van der Waals surface area contributed by atoms with E-state index >= 15 is 0 Å². The first-order chi connectivity index (χ1) is 11.9. The average molecular weight is 341 g/mol. The van der Waals surface area contributed by atoms with Crippen LogP contribution in [0.1, 0.15) is 69.2 Å². The van der Waals surface area contributed by atoms with Gasteiger partial charge in [0.1, 0.15) is 5.82 Å². The van der Waals surface area contributed by atoms with Crippen molar-refractivity contribution in [1.82, 2.24) is 14.5 Å². The summed E-state index contributed by atoms with van der Waals surface area (Å²) in [4.78, 5) is 20.0. The van der Waals surface area contributed by atoms with E-state index in [0.29, 0.717) is 24.4 Å². The second-order valence-electron chi connectivity index (χ2n) is 8.05. The number of fused-ring (bicyclic) bond motifs is 1. The van der Waals surface area contributed by atoms with Crippen LogP contribution in [-0.2, 0) is 0 Å².